The Morgan fingerprint density at radius 3 is 2.72 bits per heavy atom. The molecule has 2 heterocycles. The maximum atomic E-state index is 6.00. The molecule has 3 heteroatoms. The molecule has 0 amide bonds. The summed E-state index contributed by atoms with van der Waals surface area (Å²) in [6.45, 7) is 7.90. The number of rotatable bonds is 4. The maximum absolute atomic E-state index is 6.00. The van der Waals surface area contributed by atoms with E-state index in [0.717, 1.165) is 25.2 Å². The minimum atomic E-state index is 0.224. The van der Waals surface area contributed by atoms with Gasteiger partial charge in [-0.3, -0.25) is 0 Å². The normalized spacial score (nSPS) is 18.3. The van der Waals surface area contributed by atoms with Crippen molar-refractivity contribution in [1.29, 1.82) is 0 Å². The molecule has 2 rings (SSSR count). The molecule has 1 aromatic rings. The number of anilines is 1. The third-order valence-corrected chi connectivity index (χ3v) is 4.07. The summed E-state index contributed by atoms with van der Waals surface area (Å²) < 4.78 is 0. The molecule has 1 aromatic heterocycles. The van der Waals surface area contributed by atoms with Gasteiger partial charge in [-0.1, -0.05) is 13.3 Å². The fourth-order valence-electron chi connectivity index (χ4n) is 2.76. The minimum absolute atomic E-state index is 0.224. The van der Waals surface area contributed by atoms with Crippen LogP contribution in [0.15, 0.2) is 12.1 Å². The van der Waals surface area contributed by atoms with Crippen molar-refractivity contribution >= 4 is 17.4 Å². The Morgan fingerprint density at radius 2 is 2.17 bits per heavy atom. The number of pyridine rings is 1. The fraction of sp³-hybridized carbons (Fsp3) is 0.667. The Hall–Kier alpha value is -0.760. The molecule has 2 nitrogen and oxygen atoms in total. The lowest BCUT2D eigenvalue weighted by molar-refractivity contribution is 0.513. The standard InChI is InChI=1S/C15H23ClN2/c1-4-6-13-9-12(11-16)10-14(17-13)18-8-5-7-15(18,2)3/h9-10H,4-8,11H2,1-3H3. The van der Waals surface area contributed by atoms with E-state index in [0.29, 0.717) is 5.88 Å². The van der Waals surface area contributed by atoms with Crippen molar-refractivity contribution in [2.24, 2.45) is 0 Å². The zero-order valence-electron chi connectivity index (χ0n) is 11.7. The van der Waals surface area contributed by atoms with Gasteiger partial charge < -0.3 is 4.90 Å². The van der Waals surface area contributed by atoms with Crippen LogP contribution in [0.1, 0.15) is 51.3 Å². The van der Waals surface area contributed by atoms with E-state index in [1.807, 2.05) is 0 Å². The molecular formula is C15H23ClN2. The van der Waals surface area contributed by atoms with Crippen LogP contribution in [0.5, 0.6) is 0 Å². The van der Waals surface area contributed by atoms with Crippen LogP contribution in [0, 0.1) is 0 Å². The SMILES string of the molecule is CCCc1cc(CCl)cc(N2CCCC2(C)C)n1. The van der Waals surface area contributed by atoms with Gasteiger partial charge in [-0.25, -0.2) is 4.98 Å². The second-order valence-corrected chi connectivity index (χ2v) is 6.04. The van der Waals surface area contributed by atoms with Crippen molar-refractivity contribution in [1.82, 2.24) is 4.98 Å². The summed E-state index contributed by atoms with van der Waals surface area (Å²) in [7, 11) is 0. The first kappa shape index (κ1) is 13.7. The lowest BCUT2D eigenvalue weighted by Gasteiger charge is -2.33. The van der Waals surface area contributed by atoms with Crippen molar-refractivity contribution in [3.05, 3.63) is 23.4 Å². The van der Waals surface area contributed by atoms with Crippen molar-refractivity contribution in [2.45, 2.75) is 57.9 Å². The molecule has 1 aliphatic heterocycles. The summed E-state index contributed by atoms with van der Waals surface area (Å²) in [5, 5.41) is 0. The lowest BCUT2D eigenvalue weighted by Crippen LogP contribution is -2.38. The Balaban J connectivity index is 2.34. The Kier molecular flexibility index (Phi) is 4.16. The van der Waals surface area contributed by atoms with Crippen LogP contribution in [0.4, 0.5) is 5.82 Å². The van der Waals surface area contributed by atoms with Crippen LogP contribution in [-0.2, 0) is 12.3 Å². The minimum Gasteiger partial charge on any atom is -0.351 e. The maximum Gasteiger partial charge on any atom is 0.129 e. The summed E-state index contributed by atoms with van der Waals surface area (Å²) in [5.74, 6) is 1.68. The van der Waals surface area contributed by atoms with E-state index in [-0.39, 0.29) is 5.54 Å². The monoisotopic (exact) mass is 266 g/mol. The summed E-state index contributed by atoms with van der Waals surface area (Å²) in [5.41, 5.74) is 2.59. The molecule has 0 radical (unpaired) electrons. The van der Waals surface area contributed by atoms with E-state index in [9.17, 15) is 0 Å². The van der Waals surface area contributed by atoms with Gasteiger partial charge in [0.25, 0.3) is 0 Å². The Labute approximate surface area is 115 Å². The average molecular weight is 267 g/mol. The van der Waals surface area contributed by atoms with Crippen molar-refractivity contribution in [3.63, 3.8) is 0 Å². The van der Waals surface area contributed by atoms with Crippen molar-refractivity contribution < 1.29 is 0 Å². The van der Waals surface area contributed by atoms with E-state index in [4.69, 9.17) is 16.6 Å². The summed E-state index contributed by atoms with van der Waals surface area (Å²) >= 11 is 6.00. The van der Waals surface area contributed by atoms with E-state index in [2.05, 4.69) is 37.8 Å². The molecule has 1 aliphatic rings. The van der Waals surface area contributed by atoms with Crippen molar-refractivity contribution in [2.75, 3.05) is 11.4 Å². The van der Waals surface area contributed by atoms with E-state index in [1.54, 1.807) is 0 Å². The molecular weight excluding hydrogens is 244 g/mol. The molecule has 0 spiro atoms. The van der Waals surface area contributed by atoms with Gasteiger partial charge in [-0.15, -0.1) is 11.6 Å². The number of aromatic nitrogens is 1. The molecule has 0 atom stereocenters. The molecule has 1 saturated heterocycles. The molecule has 0 unspecified atom stereocenters. The summed E-state index contributed by atoms with van der Waals surface area (Å²) in [6.07, 6.45) is 4.65. The van der Waals surface area contributed by atoms with Crippen LogP contribution in [0.3, 0.4) is 0 Å². The van der Waals surface area contributed by atoms with Gasteiger partial charge in [0.1, 0.15) is 5.82 Å². The van der Waals surface area contributed by atoms with Crippen LogP contribution < -0.4 is 4.90 Å². The van der Waals surface area contributed by atoms with Crippen molar-refractivity contribution in [3.8, 4) is 0 Å². The average Bonchev–Trinajstić information content (AvgIpc) is 2.69. The van der Waals surface area contributed by atoms with E-state index >= 15 is 0 Å². The third-order valence-electron chi connectivity index (χ3n) is 3.76. The number of hydrogen-bond donors (Lipinski definition) is 0. The van der Waals surface area contributed by atoms with Gasteiger partial charge in [-0.2, -0.15) is 0 Å². The Morgan fingerprint density at radius 1 is 1.39 bits per heavy atom. The highest BCUT2D eigenvalue weighted by Gasteiger charge is 2.32. The highest BCUT2D eigenvalue weighted by Crippen LogP contribution is 2.33. The molecule has 0 N–H and O–H groups in total. The van der Waals surface area contributed by atoms with Gasteiger partial charge >= 0.3 is 0 Å². The Bertz CT molecular complexity index is 415. The smallest absolute Gasteiger partial charge is 0.129 e. The number of halogens is 1. The number of alkyl halides is 1. The van der Waals surface area contributed by atoms with Gasteiger partial charge in [-0.05, 0) is 50.8 Å². The van der Waals surface area contributed by atoms with Crippen LogP contribution >= 0.6 is 11.6 Å². The highest BCUT2D eigenvalue weighted by atomic mass is 35.5. The first-order chi connectivity index (χ1) is 8.56. The van der Waals surface area contributed by atoms with Gasteiger partial charge in [0.05, 0.1) is 0 Å². The third kappa shape index (κ3) is 2.80. The molecule has 1 fully saturated rings. The predicted octanol–water partition coefficient (Wildman–Crippen LogP) is 4.15. The van der Waals surface area contributed by atoms with E-state index < -0.39 is 0 Å². The highest BCUT2D eigenvalue weighted by molar-refractivity contribution is 6.17. The second-order valence-electron chi connectivity index (χ2n) is 5.78. The molecule has 0 aromatic carbocycles. The topological polar surface area (TPSA) is 16.1 Å². The second kappa shape index (κ2) is 5.48. The van der Waals surface area contributed by atoms with Crippen LogP contribution in [-0.4, -0.2) is 17.1 Å². The van der Waals surface area contributed by atoms with E-state index in [1.165, 1.54) is 24.1 Å². The summed E-state index contributed by atoms with van der Waals surface area (Å²) in [6, 6.07) is 4.29. The van der Waals surface area contributed by atoms with Crippen LogP contribution in [0.25, 0.3) is 0 Å². The zero-order chi connectivity index (χ0) is 13.2. The number of hydrogen-bond acceptors (Lipinski definition) is 2. The molecule has 100 valence electrons. The summed E-state index contributed by atoms with van der Waals surface area (Å²) in [4.78, 5) is 7.25. The quantitative estimate of drug-likeness (QED) is 0.761. The molecule has 0 bridgehead atoms. The van der Waals surface area contributed by atoms with Gasteiger partial charge in [0.15, 0.2) is 0 Å². The largest absolute Gasteiger partial charge is 0.351 e. The first-order valence-corrected chi connectivity index (χ1v) is 7.43. The molecule has 18 heavy (non-hydrogen) atoms. The zero-order valence-corrected chi connectivity index (χ0v) is 12.4. The number of aryl methyl sites for hydroxylation is 1. The van der Waals surface area contributed by atoms with Gasteiger partial charge in [0.2, 0.25) is 0 Å². The predicted molar refractivity (Wildman–Crippen MR) is 78.4 cm³/mol. The van der Waals surface area contributed by atoms with Gasteiger partial charge in [0, 0.05) is 23.7 Å². The molecule has 0 aliphatic carbocycles. The van der Waals surface area contributed by atoms with Crippen LogP contribution in [0.2, 0.25) is 0 Å². The first-order valence-electron chi connectivity index (χ1n) is 6.90. The number of nitrogens with zero attached hydrogens (tertiary/aromatic N) is 2. The fourth-order valence-corrected chi connectivity index (χ4v) is 2.92. The lowest BCUT2D eigenvalue weighted by atomic mass is 10.0. The molecule has 0 saturated carbocycles.